The van der Waals surface area contributed by atoms with Gasteiger partial charge in [-0.3, -0.25) is 9.48 Å². The van der Waals surface area contributed by atoms with Crippen LogP contribution in [0.3, 0.4) is 0 Å². The van der Waals surface area contributed by atoms with Crippen LogP contribution in [-0.2, 0) is 13.5 Å². The third-order valence-corrected chi connectivity index (χ3v) is 4.08. The zero-order chi connectivity index (χ0) is 13.1. The lowest BCUT2D eigenvalue weighted by atomic mass is 10.1. The Kier molecular flexibility index (Phi) is 4.19. The summed E-state index contributed by atoms with van der Waals surface area (Å²) in [6.07, 6.45) is 2.82. The molecule has 0 amide bonds. The highest BCUT2D eigenvalue weighted by atomic mass is 79.9. The van der Waals surface area contributed by atoms with Gasteiger partial charge in [0, 0.05) is 35.4 Å². The van der Waals surface area contributed by atoms with Crippen LogP contribution in [0.1, 0.15) is 22.5 Å². The van der Waals surface area contributed by atoms with Crippen molar-refractivity contribution in [2.24, 2.45) is 7.05 Å². The summed E-state index contributed by atoms with van der Waals surface area (Å²) in [6, 6.07) is 7.29. The molecule has 2 aromatic rings. The van der Waals surface area contributed by atoms with Gasteiger partial charge in [0.2, 0.25) is 0 Å². The minimum absolute atomic E-state index is 0.0440. The fourth-order valence-corrected chi connectivity index (χ4v) is 2.34. The number of ketones is 1. The SMILES string of the molecule is Cn1nccc1CCC(=O)c1cccc(Br)c1Cl. The van der Waals surface area contributed by atoms with Crippen molar-refractivity contribution >= 4 is 33.3 Å². The Morgan fingerprint density at radius 2 is 2.22 bits per heavy atom. The minimum atomic E-state index is 0.0440. The number of aryl methyl sites for hydroxylation is 2. The number of carbonyl (C=O) groups is 1. The fourth-order valence-electron chi connectivity index (χ4n) is 1.74. The molecule has 94 valence electrons. The number of Topliss-reactive ketones (excluding diaryl/α,β-unsaturated/α-hetero) is 1. The Bertz CT molecular complexity index is 580. The van der Waals surface area contributed by atoms with Crippen LogP contribution in [0.5, 0.6) is 0 Å². The molecule has 0 bridgehead atoms. The van der Waals surface area contributed by atoms with Crippen molar-refractivity contribution in [2.75, 3.05) is 0 Å². The molecule has 0 saturated carbocycles. The molecule has 0 unspecified atom stereocenters. The first-order valence-corrected chi connectivity index (χ1v) is 6.71. The normalized spacial score (nSPS) is 10.6. The highest BCUT2D eigenvalue weighted by Gasteiger charge is 2.13. The number of hydrogen-bond acceptors (Lipinski definition) is 2. The van der Waals surface area contributed by atoms with Crippen molar-refractivity contribution in [1.82, 2.24) is 9.78 Å². The molecule has 0 spiro atoms. The number of rotatable bonds is 4. The zero-order valence-electron chi connectivity index (χ0n) is 9.86. The zero-order valence-corrected chi connectivity index (χ0v) is 12.2. The number of halogens is 2. The van der Waals surface area contributed by atoms with Crippen LogP contribution in [0.2, 0.25) is 5.02 Å². The van der Waals surface area contributed by atoms with Gasteiger partial charge in [0.1, 0.15) is 0 Å². The highest BCUT2D eigenvalue weighted by Crippen LogP contribution is 2.27. The van der Waals surface area contributed by atoms with E-state index in [-0.39, 0.29) is 5.78 Å². The van der Waals surface area contributed by atoms with Crippen LogP contribution in [0.4, 0.5) is 0 Å². The van der Waals surface area contributed by atoms with Gasteiger partial charge in [-0.1, -0.05) is 17.7 Å². The number of benzene rings is 1. The lowest BCUT2D eigenvalue weighted by Crippen LogP contribution is -2.05. The maximum atomic E-state index is 12.1. The topological polar surface area (TPSA) is 34.9 Å². The van der Waals surface area contributed by atoms with Gasteiger partial charge in [0.05, 0.1) is 5.02 Å². The van der Waals surface area contributed by atoms with Gasteiger partial charge in [-0.25, -0.2) is 0 Å². The first kappa shape index (κ1) is 13.3. The minimum Gasteiger partial charge on any atom is -0.294 e. The van der Waals surface area contributed by atoms with E-state index in [0.29, 0.717) is 23.4 Å². The van der Waals surface area contributed by atoms with Gasteiger partial charge < -0.3 is 0 Å². The molecule has 1 aromatic heterocycles. The van der Waals surface area contributed by atoms with E-state index in [0.717, 1.165) is 10.2 Å². The van der Waals surface area contributed by atoms with E-state index in [1.807, 2.05) is 25.2 Å². The van der Waals surface area contributed by atoms with Gasteiger partial charge >= 0.3 is 0 Å². The van der Waals surface area contributed by atoms with Crippen molar-refractivity contribution in [3.63, 3.8) is 0 Å². The second-order valence-corrected chi connectivity index (χ2v) is 5.20. The lowest BCUT2D eigenvalue weighted by molar-refractivity contribution is 0.0982. The van der Waals surface area contributed by atoms with E-state index in [2.05, 4.69) is 21.0 Å². The molecule has 18 heavy (non-hydrogen) atoms. The lowest BCUT2D eigenvalue weighted by Gasteiger charge is -2.05. The van der Waals surface area contributed by atoms with Gasteiger partial charge in [0.25, 0.3) is 0 Å². The molecule has 0 aliphatic carbocycles. The summed E-state index contributed by atoms with van der Waals surface area (Å²) in [6.45, 7) is 0. The number of aromatic nitrogens is 2. The molecule has 0 saturated heterocycles. The summed E-state index contributed by atoms with van der Waals surface area (Å²) in [5.41, 5.74) is 1.60. The summed E-state index contributed by atoms with van der Waals surface area (Å²) in [4.78, 5) is 12.1. The molecule has 0 radical (unpaired) electrons. The smallest absolute Gasteiger partial charge is 0.164 e. The Labute approximate surface area is 119 Å². The quantitative estimate of drug-likeness (QED) is 0.803. The third kappa shape index (κ3) is 2.82. The number of hydrogen-bond donors (Lipinski definition) is 0. The van der Waals surface area contributed by atoms with Crippen LogP contribution in [0.15, 0.2) is 34.9 Å². The van der Waals surface area contributed by atoms with E-state index in [4.69, 9.17) is 11.6 Å². The van der Waals surface area contributed by atoms with Crippen molar-refractivity contribution in [3.05, 3.63) is 51.2 Å². The van der Waals surface area contributed by atoms with Crippen LogP contribution in [0.25, 0.3) is 0 Å². The van der Waals surface area contributed by atoms with Gasteiger partial charge in [0.15, 0.2) is 5.78 Å². The number of carbonyl (C=O) groups excluding carboxylic acids is 1. The van der Waals surface area contributed by atoms with Crippen molar-refractivity contribution < 1.29 is 4.79 Å². The maximum Gasteiger partial charge on any atom is 0.164 e. The Hall–Kier alpha value is -1.13. The molecule has 1 heterocycles. The Morgan fingerprint density at radius 3 is 2.89 bits per heavy atom. The standard InChI is InChI=1S/C13H12BrClN2O/c1-17-9(7-8-16-17)5-6-12(18)10-3-2-4-11(14)13(10)15/h2-4,7-8H,5-6H2,1H3. The average molecular weight is 328 g/mol. The van der Waals surface area contributed by atoms with Crippen LogP contribution in [-0.4, -0.2) is 15.6 Å². The van der Waals surface area contributed by atoms with Crippen LogP contribution >= 0.6 is 27.5 Å². The molecule has 5 heteroatoms. The molecule has 1 aromatic carbocycles. The maximum absolute atomic E-state index is 12.1. The summed E-state index contributed by atoms with van der Waals surface area (Å²) in [5.74, 6) is 0.0440. The van der Waals surface area contributed by atoms with Crippen molar-refractivity contribution in [1.29, 1.82) is 0 Å². The van der Waals surface area contributed by atoms with Crippen molar-refractivity contribution in [3.8, 4) is 0 Å². The summed E-state index contributed by atoms with van der Waals surface area (Å²) in [5, 5.41) is 4.55. The molecule has 0 N–H and O–H groups in total. The van der Waals surface area contributed by atoms with Gasteiger partial charge in [-0.15, -0.1) is 0 Å². The summed E-state index contributed by atoms with van der Waals surface area (Å²) < 4.78 is 2.52. The summed E-state index contributed by atoms with van der Waals surface area (Å²) in [7, 11) is 1.87. The van der Waals surface area contributed by atoms with Gasteiger partial charge in [-0.05, 0) is 40.5 Å². The largest absolute Gasteiger partial charge is 0.294 e. The van der Waals surface area contributed by atoms with Gasteiger partial charge in [-0.2, -0.15) is 5.10 Å². The monoisotopic (exact) mass is 326 g/mol. The predicted octanol–water partition coefficient (Wildman–Crippen LogP) is 3.65. The molecule has 3 nitrogen and oxygen atoms in total. The second kappa shape index (κ2) is 5.67. The number of nitrogens with zero attached hydrogens (tertiary/aromatic N) is 2. The van der Waals surface area contributed by atoms with Crippen LogP contribution in [0, 0.1) is 0 Å². The molecule has 0 atom stereocenters. The van der Waals surface area contributed by atoms with E-state index in [9.17, 15) is 4.79 Å². The van der Waals surface area contributed by atoms with E-state index >= 15 is 0 Å². The Morgan fingerprint density at radius 1 is 1.44 bits per heavy atom. The predicted molar refractivity (Wildman–Crippen MR) is 75.0 cm³/mol. The van der Waals surface area contributed by atoms with Crippen molar-refractivity contribution in [2.45, 2.75) is 12.8 Å². The van der Waals surface area contributed by atoms with E-state index in [1.165, 1.54) is 0 Å². The first-order chi connectivity index (χ1) is 8.59. The fraction of sp³-hybridized carbons (Fsp3) is 0.231. The molecule has 2 rings (SSSR count). The molecule has 0 fully saturated rings. The van der Waals surface area contributed by atoms with Crippen LogP contribution < -0.4 is 0 Å². The molecular weight excluding hydrogens is 316 g/mol. The molecular formula is C13H12BrClN2O. The highest BCUT2D eigenvalue weighted by molar-refractivity contribution is 9.10. The Balaban J connectivity index is 2.09. The average Bonchev–Trinajstić information content (AvgIpc) is 2.75. The van der Waals surface area contributed by atoms with E-state index < -0.39 is 0 Å². The summed E-state index contributed by atoms with van der Waals surface area (Å²) >= 11 is 9.41. The third-order valence-electron chi connectivity index (χ3n) is 2.78. The molecule has 0 aliphatic rings. The van der Waals surface area contributed by atoms with E-state index in [1.54, 1.807) is 16.9 Å². The first-order valence-electron chi connectivity index (χ1n) is 5.53. The second-order valence-electron chi connectivity index (χ2n) is 3.97. The molecule has 0 aliphatic heterocycles.